The molecule has 0 radical (unpaired) electrons. The van der Waals surface area contributed by atoms with Crippen LogP contribution in [0.15, 0.2) is 0 Å². The first-order valence-electron chi connectivity index (χ1n) is 5.92. The van der Waals surface area contributed by atoms with Gasteiger partial charge in [0.2, 0.25) is 10.0 Å². The fourth-order valence-electron chi connectivity index (χ4n) is 2.17. The Labute approximate surface area is 97.1 Å². The Bertz CT molecular complexity index is 379. The van der Waals surface area contributed by atoms with Gasteiger partial charge in [0.25, 0.3) is 0 Å². The maximum Gasteiger partial charge on any atom is 0.227 e. The SMILES string of the molecule is CC(C#N)S(=O)(=O)NCC(C1CC1)C1CC1. The van der Waals surface area contributed by atoms with Gasteiger partial charge in [0.1, 0.15) is 0 Å². The third-order valence-electron chi connectivity index (χ3n) is 3.62. The van der Waals surface area contributed by atoms with E-state index in [4.69, 9.17) is 5.26 Å². The molecule has 1 N–H and O–H groups in total. The summed E-state index contributed by atoms with van der Waals surface area (Å²) in [5.74, 6) is 1.97. The second kappa shape index (κ2) is 4.34. The van der Waals surface area contributed by atoms with E-state index in [2.05, 4.69) is 4.72 Å². The lowest BCUT2D eigenvalue weighted by Crippen LogP contribution is -2.36. The molecule has 2 saturated carbocycles. The molecule has 0 aromatic rings. The molecule has 0 heterocycles. The quantitative estimate of drug-likeness (QED) is 0.762. The third-order valence-corrected chi connectivity index (χ3v) is 5.23. The molecule has 2 rings (SSSR count). The van der Waals surface area contributed by atoms with Gasteiger partial charge >= 0.3 is 0 Å². The van der Waals surface area contributed by atoms with Gasteiger partial charge in [-0.15, -0.1) is 0 Å². The topological polar surface area (TPSA) is 70.0 Å². The van der Waals surface area contributed by atoms with Crippen LogP contribution in [-0.4, -0.2) is 20.2 Å². The molecule has 5 heteroatoms. The lowest BCUT2D eigenvalue weighted by Gasteiger charge is -2.16. The minimum absolute atomic E-state index is 0.515. The summed E-state index contributed by atoms with van der Waals surface area (Å²) in [4.78, 5) is 0. The number of nitriles is 1. The highest BCUT2D eigenvalue weighted by atomic mass is 32.2. The molecule has 2 aliphatic carbocycles. The summed E-state index contributed by atoms with van der Waals surface area (Å²) in [6, 6.07) is 1.77. The highest BCUT2D eigenvalue weighted by Crippen LogP contribution is 2.48. The lowest BCUT2D eigenvalue weighted by atomic mass is 9.99. The average Bonchev–Trinajstić information content (AvgIpc) is 3.08. The molecule has 0 amide bonds. The van der Waals surface area contributed by atoms with Crippen molar-refractivity contribution in [3.8, 4) is 6.07 Å². The second-order valence-electron chi connectivity index (χ2n) is 5.00. The Kier molecular flexibility index (Phi) is 3.22. The molecule has 0 spiro atoms. The van der Waals surface area contributed by atoms with E-state index in [9.17, 15) is 8.42 Å². The smallest absolute Gasteiger partial charge is 0.214 e. The average molecular weight is 242 g/mol. The Morgan fingerprint density at radius 2 is 1.81 bits per heavy atom. The summed E-state index contributed by atoms with van der Waals surface area (Å²) >= 11 is 0. The minimum Gasteiger partial charge on any atom is -0.214 e. The van der Waals surface area contributed by atoms with Gasteiger partial charge < -0.3 is 0 Å². The highest BCUT2D eigenvalue weighted by molar-refractivity contribution is 7.90. The van der Waals surface area contributed by atoms with Crippen molar-refractivity contribution in [2.45, 2.75) is 37.9 Å². The summed E-state index contributed by atoms with van der Waals surface area (Å²) in [5, 5.41) is 7.66. The fraction of sp³-hybridized carbons (Fsp3) is 0.909. The largest absolute Gasteiger partial charge is 0.227 e. The van der Waals surface area contributed by atoms with Crippen molar-refractivity contribution < 1.29 is 8.42 Å². The van der Waals surface area contributed by atoms with Crippen LogP contribution in [0.4, 0.5) is 0 Å². The maximum absolute atomic E-state index is 11.6. The number of nitrogens with one attached hydrogen (secondary N) is 1. The Hall–Kier alpha value is -0.600. The summed E-state index contributed by atoms with van der Waals surface area (Å²) in [6.45, 7) is 1.95. The van der Waals surface area contributed by atoms with Crippen molar-refractivity contribution in [2.24, 2.45) is 17.8 Å². The van der Waals surface area contributed by atoms with Crippen LogP contribution in [0, 0.1) is 29.1 Å². The Balaban J connectivity index is 1.88. The van der Waals surface area contributed by atoms with Crippen molar-refractivity contribution in [3.05, 3.63) is 0 Å². The molecule has 2 fully saturated rings. The van der Waals surface area contributed by atoms with Gasteiger partial charge in [0, 0.05) is 6.54 Å². The first-order chi connectivity index (χ1) is 7.54. The third kappa shape index (κ3) is 2.74. The monoisotopic (exact) mass is 242 g/mol. The zero-order valence-corrected chi connectivity index (χ0v) is 10.3. The zero-order valence-electron chi connectivity index (χ0n) is 9.52. The summed E-state index contributed by atoms with van der Waals surface area (Å²) in [7, 11) is -3.43. The van der Waals surface area contributed by atoms with Gasteiger partial charge in [0.15, 0.2) is 5.25 Å². The molecule has 90 valence electrons. The number of nitrogens with zero attached hydrogens (tertiary/aromatic N) is 1. The van der Waals surface area contributed by atoms with E-state index in [1.165, 1.54) is 32.6 Å². The summed E-state index contributed by atoms with van der Waals surface area (Å²) in [6.07, 6.45) is 4.99. The van der Waals surface area contributed by atoms with Crippen LogP contribution in [0.1, 0.15) is 32.6 Å². The van der Waals surface area contributed by atoms with Gasteiger partial charge in [0.05, 0.1) is 6.07 Å². The fourth-order valence-corrected chi connectivity index (χ4v) is 2.99. The number of sulfonamides is 1. The van der Waals surface area contributed by atoms with Crippen molar-refractivity contribution in [1.29, 1.82) is 5.26 Å². The van der Waals surface area contributed by atoms with Gasteiger partial charge in [-0.3, -0.25) is 0 Å². The number of rotatable bonds is 6. The molecular formula is C11H18N2O2S. The van der Waals surface area contributed by atoms with Crippen LogP contribution in [-0.2, 0) is 10.0 Å². The van der Waals surface area contributed by atoms with E-state index in [1.54, 1.807) is 6.07 Å². The molecule has 1 atom stereocenters. The van der Waals surface area contributed by atoms with Gasteiger partial charge in [-0.1, -0.05) is 0 Å². The maximum atomic E-state index is 11.6. The molecule has 16 heavy (non-hydrogen) atoms. The van der Waals surface area contributed by atoms with Crippen LogP contribution >= 0.6 is 0 Å². The molecule has 0 aromatic heterocycles. The molecule has 0 aliphatic heterocycles. The van der Waals surface area contributed by atoms with Crippen molar-refractivity contribution in [1.82, 2.24) is 4.72 Å². The zero-order chi connectivity index (χ0) is 11.8. The van der Waals surface area contributed by atoms with E-state index in [-0.39, 0.29) is 0 Å². The summed E-state index contributed by atoms with van der Waals surface area (Å²) < 4.78 is 25.8. The number of hydrogen-bond donors (Lipinski definition) is 1. The van der Waals surface area contributed by atoms with Crippen LogP contribution in [0.25, 0.3) is 0 Å². The van der Waals surface area contributed by atoms with E-state index in [0.29, 0.717) is 12.5 Å². The molecule has 0 bridgehead atoms. The Morgan fingerprint density at radius 1 is 1.31 bits per heavy atom. The Morgan fingerprint density at radius 3 is 2.19 bits per heavy atom. The van der Waals surface area contributed by atoms with Crippen LogP contribution in [0.5, 0.6) is 0 Å². The molecule has 2 aliphatic rings. The molecule has 0 aromatic carbocycles. The predicted octanol–water partition coefficient (Wildman–Crippen LogP) is 1.25. The predicted molar refractivity (Wildman–Crippen MR) is 60.9 cm³/mol. The van der Waals surface area contributed by atoms with Crippen LogP contribution < -0.4 is 4.72 Å². The first-order valence-corrected chi connectivity index (χ1v) is 7.47. The lowest BCUT2D eigenvalue weighted by molar-refractivity contribution is 0.401. The van der Waals surface area contributed by atoms with Gasteiger partial charge in [-0.25, -0.2) is 13.1 Å². The van der Waals surface area contributed by atoms with Crippen molar-refractivity contribution in [2.75, 3.05) is 6.54 Å². The minimum atomic E-state index is -3.43. The van der Waals surface area contributed by atoms with Crippen molar-refractivity contribution in [3.63, 3.8) is 0 Å². The second-order valence-corrected chi connectivity index (χ2v) is 7.09. The molecule has 1 unspecified atom stereocenters. The van der Waals surface area contributed by atoms with Gasteiger partial charge in [-0.05, 0) is 50.4 Å². The van der Waals surface area contributed by atoms with E-state index >= 15 is 0 Å². The highest BCUT2D eigenvalue weighted by Gasteiger charge is 2.41. The van der Waals surface area contributed by atoms with E-state index in [0.717, 1.165) is 11.8 Å². The standard InChI is InChI=1S/C11H18N2O2S/c1-8(6-12)16(14,15)13-7-11(9-2-3-9)10-4-5-10/h8-11,13H,2-5,7H2,1H3. The first kappa shape index (κ1) is 11.9. The molecule has 4 nitrogen and oxygen atoms in total. The molecular weight excluding hydrogens is 224 g/mol. The molecule has 0 saturated heterocycles. The van der Waals surface area contributed by atoms with E-state index in [1.807, 2.05) is 0 Å². The normalized spacial score (nSPS) is 23.1. The van der Waals surface area contributed by atoms with Crippen LogP contribution in [0.3, 0.4) is 0 Å². The summed E-state index contributed by atoms with van der Waals surface area (Å²) in [5.41, 5.74) is 0. The van der Waals surface area contributed by atoms with Crippen LogP contribution in [0.2, 0.25) is 0 Å². The number of hydrogen-bond acceptors (Lipinski definition) is 3. The van der Waals surface area contributed by atoms with Crippen molar-refractivity contribution >= 4 is 10.0 Å². The van der Waals surface area contributed by atoms with Gasteiger partial charge in [-0.2, -0.15) is 5.26 Å². The van der Waals surface area contributed by atoms with E-state index < -0.39 is 15.3 Å².